The Morgan fingerprint density at radius 1 is 0.882 bits per heavy atom. The van der Waals surface area contributed by atoms with Gasteiger partial charge in [-0.2, -0.15) is 26.3 Å². The van der Waals surface area contributed by atoms with Gasteiger partial charge in [-0.1, -0.05) is 0 Å². The Labute approximate surface area is 93.0 Å². The zero-order valence-electron chi connectivity index (χ0n) is 8.83. The van der Waals surface area contributed by atoms with Crippen molar-refractivity contribution in [1.29, 1.82) is 0 Å². The largest absolute Gasteiger partial charge is 0.496 e. The molecule has 1 aromatic carbocycles. The number of alkyl halides is 6. The highest BCUT2D eigenvalue weighted by atomic mass is 19.4. The summed E-state index contributed by atoms with van der Waals surface area (Å²) in [4.78, 5) is 0. The Morgan fingerprint density at radius 2 is 1.29 bits per heavy atom. The lowest BCUT2D eigenvalue weighted by atomic mass is 10.0. The number of halogens is 6. The van der Waals surface area contributed by atoms with E-state index in [-0.39, 0.29) is 0 Å². The second-order valence-corrected chi connectivity index (χ2v) is 3.31. The van der Waals surface area contributed by atoms with Crippen molar-refractivity contribution in [3.63, 3.8) is 0 Å². The van der Waals surface area contributed by atoms with E-state index in [1.165, 1.54) is 0 Å². The number of hydrogen-bond acceptors (Lipinski definition) is 1. The van der Waals surface area contributed by atoms with Crippen LogP contribution in [0.5, 0.6) is 5.75 Å². The van der Waals surface area contributed by atoms with Crippen molar-refractivity contribution in [1.82, 2.24) is 0 Å². The third-order valence-electron chi connectivity index (χ3n) is 2.22. The van der Waals surface area contributed by atoms with E-state index in [1.807, 2.05) is 0 Å². The van der Waals surface area contributed by atoms with Gasteiger partial charge in [0.1, 0.15) is 5.75 Å². The highest BCUT2D eigenvalue weighted by molar-refractivity contribution is 5.48. The maximum Gasteiger partial charge on any atom is 0.419 e. The van der Waals surface area contributed by atoms with Crippen LogP contribution < -0.4 is 4.74 Å². The lowest BCUT2D eigenvalue weighted by molar-refractivity contribution is -0.142. The van der Waals surface area contributed by atoms with Gasteiger partial charge in [-0.3, -0.25) is 0 Å². The monoisotopic (exact) mass is 258 g/mol. The molecule has 0 unspecified atom stereocenters. The maximum absolute atomic E-state index is 12.5. The van der Waals surface area contributed by atoms with Gasteiger partial charge < -0.3 is 4.74 Å². The fourth-order valence-corrected chi connectivity index (χ4v) is 1.49. The zero-order valence-corrected chi connectivity index (χ0v) is 8.83. The molecule has 0 fully saturated rings. The summed E-state index contributed by atoms with van der Waals surface area (Å²) in [5, 5.41) is 0. The van der Waals surface area contributed by atoms with Crippen LogP contribution in [0.3, 0.4) is 0 Å². The molecule has 0 atom stereocenters. The minimum Gasteiger partial charge on any atom is -0.496 e. The SMILES string of the molecule is COc1c(C(F)(F)F)ccc(C(F)(F)F)c1C. The summed E-state index contributed by atoms with van der Waals surface area (Å²) in [5.41, 5.74) is -2.93. The van der Waals surface area contributed by atoms with E-state index < -0.39 is 34.8 Å². The molecule has 17 heavy (non-hydrogen) atoms. The third kappa shape index (κ3) is 2.65. The van der Waals surface area contributed by atoms with E-state index in [4.69, 9.17) is 0 Å². The third-order valence-corrected chi connectivity index (χ3v) is 2.22. The van der Waals surface area contributed by atoms with Crippen molar-refractivity contribution in [3.8, 4) is 5.75 Å². The normalized spacial score (nSPS) is 12.7. The van der Waals surface area contributed by atoms with Crippen molar-refractivity contribution >= 4 is 0 Å². The van der Waals surface area contributed by atoms with E-state index in [1.54, 1.807) is 0 Å². The van der Waals surface area contributed by atoms with E-state index in [2.05, 4.69) is 4.74 Å². The van der Waals surface area contributed by atoms with Crippen LogP contribution in [0.2, 0.25) is 0 Å². The first-order valence-electron chi connectivity index (χ1n) is 4.41. The van der Waals surface area contributed by atoms with Gasteiger partial charge >= 0.3 is 12.4 Å². The molecule has 0 aliphatic heterocycles. The molecule has 1 rings (SSSR count). The molecule has 0 bridgehead atoms. The van der Waals surface area contributed by atoms with Gasteiger partial charge in [-0.05, 0) is 19.1 Å². The summed E-state index contributed by atoms with van der Waals surface area (Å²) in [5.74, 6) is -0.799. The molecule has 0 aromatic heterocycles. The maximum atomic E-state index is 12.5. The average molecular weight is 258 g/mol. The second kappa shape index (κ2) is 4.12. The molecule has 1 nitrogen and oxygen atoms in total. The Bertz CT molecular complexity index is 418. The lowest BCUT2D eigenvalue weighted by Gasteiger charge is -2.18. The fourth-order valence-electron chi connectivity index (χ4n) is 1.49. The molecule has 0 saturated carbocycles. The molecule has 0 saturated heterocycles. The zero-order chi connectivity index (χ0) is 13.4. The van der Waals surface area contributed by atoms with E-state index in [0.29, 0.717) is 12.1 Å². The smallest absolute Gasteiger partial charge is 0.419 e. The van der Waals surface area contributed by atoms with Gasteiger partial charge in [0.2, 0.25) is 0 Å². The number of methoxy groups -OCH3 is 1. The summed E-state index contributed by atoms with van der Waals surface area (Å²) >= 11 is 0. The molecule has 0 spiro atoms. The molecule has 0 radical (unpaired) electrons. The molecule has 1 aromatic rings. The number of ether oxygens (including phenoxy) is 1. The molecule has 0 heterocycles. The van der Waals surface area contributed by atoms with Crippen molar-refractivity contribution in [2.45, 2.75) is 19.3 Å². The summed E-state index contributed by atoms with van der Waals surface area (Å²) in [6.45, 7) is 0.941. The van der Waals surface area contributed by atoms with E-state index in [0.717, 1.165) is 14.0 Å². The molecular formula is C10H8F6O. The van der Waals surface area contributed by atoms with Crippen LogP contribution in [0.4, 0.5) is 26.3 Å². The van der Waals surface area contributed by atoms with Crippen LogP contribution in [0.1, 0.15) is 16.7 Å². The first-order valence-corrected chi connectivity index (χ1v) is 4.41. The van der Waals surface area contributed by atoms with Crippen LogP contribution in [0.15, 0.2) is 12.1 Å². The molecule has 0 N–H and O–H groups in total. The molecule has 96 valence electrons. The van der Waals surface area contributed by atoms with Crippen LogP contribution in [-0.4, -0.2) is 7.11 Å². The Balaban J connectivity index is 3.49. The minimum atomic E-state index is -4.75. The van der Waals surface area contributed by atoms with Crippen molar-refractivity contribution in [2.75, 3.05) is 7.11 Å². The average Bonchev–Trinajstić information content (AvgIpc) is 2.13. The Kier molecular flexibility index (Phi) is 3.31. The van der Waals surface area contributed by atoms with Crippen LogP contribution in [-0.2, 0) is 12.4 Å². The molecule has 0 amide bonds. The quantitative estimate of drug-likeness (QED) is 0.691. The minimum absolute atomic E-state index is 0.370. The van der Waals surface area contributed by atoms with Crippen molar-refractivity contribution in [3.05, 3.63) is 28.8 Å². The number of benzene rings is 1. The molecule has 7 heteroatoms. The molecule has 0 aliphatic carbocycles. The van der Waals surface area contributed by atoms with Crippen molar-refractivity contribution in [2.24, 2.45) is 0 Å². The standard InChI is InChI=1S/C10H8F6O/c1-5-6(9(11,12)13)3-4-7(8(5)17-2)10(14,15)16/h3-4H,1-2H3. The Morgan fingerprint density at radius 3 is 1.65 bits per heavy atom. The summed E-state index contributed by atoms with van der Waals surface area (Å²) in [6, 6.07) is 0.773. The van der Waals surface area contributed by atoms with Gasteiger partial charge in [-0.15, -0.1) is 0 Å². The van der Waals surface area contributed by atoms with Crippen molar-refractivity contribution < 1.29 is 31.1 Å². The summed E-state index contributed by atoms with van der Waals surface area (Å²) in [6.07, 6.45) is -9.46. The van der Waals surface area contributed by atoms with Gasteiger partial charge in [0.05, 0.1) is 18.2 Å². The van der Waals surface area contributed by atoms with Crippen LogP contribution >= 0.6 is 0 Å². The predicted molar refractivity (Wildman–Crippen MR) is 47.7 cm³/mol. The van der Waals surface area contributed by atoms with Gasteiger partial charge in [0.15, 0.2) is 0 Å². The number of hydrogen-bond donors (Lipinski definition) is 0. The van der Waals surface area contributed by atoms with Crippen LogP contribution in [0, 0.1) is 6.92 Å². The van der Waals surface area contributed by atoms with Gasteiger partial charge in [-0.25, -0.2) is 0 Å². The van der Waals surface area contributed by atoms with Gasteiger partial charge in [0, 0.05) is 5.56 Å². The van der Waals surface area contributed by atoms with E-state index >= 15 is 0 Å². The summed E-state index contributed by atoms with van der Waals surface area (Å²) < 4.78 is 79.2. The topological polar surface area (TPSA) is 9.23 Å². The van der Waals surface area contributed by atoms with Crippen LogP contribution in [0.25, 0.3) is 0 Å². The Hall–Kier alpha value is -1.40. The highest BCUT2D eigenvalue weighted by Crippen LogP contribution is 2.42. The second-order valence-electron chi connectivity index (χ2n) is 3.31. The molecule has 0 aliphatic rings. The highest BCUT2D eigenvalue weighted by Gasteiger charge is 2.39. The molecular weight excluding hydrogens is 250 g/mol. The fraction of sp³-hybridized carbons (Fsp3) is 0.400. The van der Waals surface area contributed by atoms with Gasteiger partial charge in [0.25, 0.3) is 0 Å². The predicted octanol–water partition coefficient (Wildman–Crippen LogP) is 4.04. The summed E-state index contributed by atoms with van der Waals surface area (Å²) in [7, 11) is 0.901. The van der Waals surface area contributed by atoms with E-state index in [9.17, 15) is 26.3 Å². The lowest BCUT2D eigenvalue weighted by Crippen LogP contribution is -2.13. The first kappa shape index (κ1) is 13.7. The first-order chi connectivity index (χ1) is 7.59. The number of rotatable bonds is 1.